The molecule has 4 nitrogen and oxygen atoms in total. The van der Waals surface area contributed by atoms with E-state index >= 15 is 0 Å². The maximum atomic E-state index is 9.98. The minimum absolute atomic E-state index is 0.456. The van der Waals surface area contributed by atoms with Crippen LogP contribution in [0.1, 0.15) is 24.8 Å². The number of H-pyrrole nitrogens is 1. The zero-order valence-electron chi connectivity index (χ0n) is 9.74. The summed E-state index contributed by atoms with van der Waals surface area (Å²) < 4.78 is 0. The van der Waals surface area contributed by atoms with Crippen molar-refractivity contribution in [2.45, 2.75) is 31.4 Å². The van der Waals surface area contributed by atoms with E-state index in [1.807, 2.05) is 18.3 Å². The molecule has 1 aliphatic carbocycles. The van der Waals surface area contributed by atoms with Crippen LogP contribution in [0.4, 0.5) is 0 Å². The van der Waals surface area contributed by atoms with Crippen molar-refractivity contribution in [1.82, 2.24) is 15.5 Å². The smallest absolute Gasteiger partial charge is 0.0771 e. The average Bonchev–Trinajstić information content (AvgIpc) is 2.75. The highest BCUT2D eigenvalue weighted by Gasteiger charge is 2.33. The Morgan fingerprint density at radius 1 is 1.41 bits per heavy atom. The fraction of sp³-hybridized carbons (Fsp3) is 0.462. The largest absolute Gasteiger partial charge is 0.389 e. The maximum Gasteiger partial charge on any atom is 0.0771 e. The van der Waals surface area contributed by atoms with E-state index < -0.39 is 5.60 Å². The first kappa shape index (κ1) is 10.7. The molecule has 0 saturated heterocycles. The lowest BCUT2D eigenvalue weighted by Gasteiger charge is -2.36. The Bertz CT molecular complexity index is 516. The SMILES string of the molecule is OC1(CNCc2cccc3cn[nH]c23)CCC1. The van der Waals surface area contributed by atoms with E-state index in [9.17, 15) is 5.11 Å². The molecule has 1 fully saturated rings. The van der Waals surface area contributed by atoms with Gasteiger partial charge >= 0.3 is 0 Å². The Balaban J connectivity index is 1.66. The molecule has 1 aromatic heterocycles. The Kier molecular flexibility index (Phi) is 2.61. The number of para-hydroxylation sites is 1. The second kappa shape index (κ2) is 4.13. The zero-order chi connectivity index (χ0) is 11.7. The molecule has 1 aliphatic rings. The molecule has 0 amide bonds. The van der Waals surface area contributed by atoms with Crippen LogP contribution >= 0.6 is 0 Å². The molecule has 0 unspecified atom stereocenters. The zero-order valence-corrected chi connectivity index (χ0v) is 9.74. The van der Waals surface area contributed by atoms with E-state index in [0.717, 1.165) is 36.7 Å². The molecule has 1 saturated carbocycles. The molecule has 3 N–H and O–H groups in total. The monoisotopic (exact) mass is 231 g/mol. The average molecular weight is 231 g/mol. The lowest BCUT2D eigenvalue weighted by molar-refractivity contribution is -0.0314. The molecule has 1 aromatic carbocycles. The molecule has 90 valence electrons. The van der Waals surface area contributed by atoms with Crippen LogP contribution in [0, 0.1) is 0 Å². The number of hydrogen-bond donors (Lipinski definition) is 3. The molecule has 0 atom stereocenters. The van der Waals surface area contributed by atoms with Gasteiger partial charge in [0.15, 0.2) is 0 Å². The predicted molar refractivity (Wildman–Crippen MR) is 66.6 cm³/mol. The van der Waals surface area contributed by atoms with E-state index in [1.54, 1.807) is 0 Å². The quantitative estimate of drug-likeness (QED) is 0.748. The summed E-state index contributed by atoms with van der Waals surface area (Å²) >= 11 is 0. The number of nitrogens with zero attached hydrogens (tertiary/aromatic N) is 1. The van der Waals surface area contributed by atoms with Gasteiger partial charge in [-0.3, -0.25) is 5.10 Å². The van der Waals surface area contributed by atoms with Gasteiger partial charge in [-0.05, 0) is 24.8 Å². The predicted octanol–water partition coefficient (Wildman–Crippen LogP) is 1.57. The molecule has 2 aromatic rings. The number of hydrogen-bond acceptors (Lipinski definition) is 3. The second-order valence-corrected chi connectivity index (χ2v) is 4.93. The molecule has 0 aliphatic heterocycles. The molecule has 0 radical (unpaired) electrons. The summed E-state index contributed by atoms with van der Waals surface area (Å²) in [5, 5.41) is 21.5. The molecule has 0 bridgehead atoms. The van der Waals surface area contributed by atoms with Gasteiger partial charge in [0.05, 0.1) is 17.3 Å². The van der Waals surface area contributed by atoms with Gasteiger partial charge in [0.2, 0.25) is 0 Å². The van der Waals surface area contributed by atoms with Gasteiger partial charge in [-0.15, -0.1) is 0 Å². The van der Waals surface area contributed by atoms with Crippen LogP contribution in [0.2, 0.25) is 0 Å². The van der Waals surface area contributed by atoms with Crippen molar-refractivity contribution in [3.63, 3.8) is 0 Å². The summed E-state index contributed by atoms with van der Waals surface area (Å²) in [7, 11) is 0. The van der Waals surface area contributed by atoms with Crippen molar-refractivity contribution >= 4 is 10.9 Å². The molecule has 4 heteroatoms. The lowest BCUT2D eigenvalue weighted by atomic mass is 9.80. The van der Waals surface area contributed by atoms with Crippen LogP contribution in [0.5, 0.6) is 0 Å². The third-order valence-corrected chi connectivity index (χ3v) is 3.62. The van der Waals surface area contributed by atoms with Crippen LogP contribution in [0.25, 0.3) is 10.9 Å². The maximum absolute atomic E-state index is 9.98. The summed E-state index contributed by atoms with van der Waals surface area (Å²) in [6.45, 7) is 1.44. The van der Waals surface area contributed by atoms with Gasteiger partial charge in [0.1, 0.15) is 0 Å². The Labute approximate surface area is 100 Å². The number of benzene rings is 1. The third kappa shape index (κ3) is 2.06. The first-order chi connectivity index (χ1) is 8.27. The molecule has 3 rings (SSSR count). The van der Waals surface area contributed by atoms with Crippen molar-refractivity contribution in [2.24, 2.45) is 0 Å². The summed E-state index contributed by atoms with van der Waals surface area (Å²) in [5.74, 6) is 0. The van der Waals surface area contributed by atoms with Gasteiger partial charge in [0.25, 0.3) is 0 Å². The highest BCUT2D eigenvalue weighted by atomic mass is 16.3. The van der Waals surface area contributed by atoms with Gasteiger partial charge < -0.3 is 10.4 Å². The van der Waals surface area contributed by atoms with E-state index in [-0.39, 0.29) is 0 Å². The third-order valence-electron chi connectivity index (χ3n) is 3.62. The number of fused-ring (bicyclic) bond motifs is 1. The Morgan fingerprint density at radius 2 is 2.29 bits per heavy atom. The second-order valence-electron chi connectivity index (χ2n) is 4.93. The van der Waals surface area contributed by atoms with Gasteiger partial charge in [0, 0.05) is 18.5 Å². The summed E-state index contributed by atoms with van der Waals surface area (Å²) in [6, 6.07) is 6.16. The molecular formula is C13H17N3O. The van der Waals surface area contributed by atoms with Crippen LogP contribution in [0.15, 0.2) is 24.4 Å². The molecule has 0 spiro atoms. The van der Waals surface area contributed by atoms with E-state index in [4.69, 9.17) is 0 Å². The van der Waals surface area contributed by atoms with E-state index in [1.165, 1.54) is 5.56 Å². The number of nitrogens with one attached hydrogen (secondary N) is 2. The van der Waals surface area contributed by atoms with E-state index in [2.05, 4.69) is 21.6 Å². The minimum Gasteiger partial charge on any atom is -0.389 e. The van der Waals surface area contributed by atoms with Gasteiger partial charge in [-0.1, -0.05) is 18.2 Å². The molecule has 17 heavy (non-hydrogen) atoms. The van der Waals surface area contributed by atoms with Crippen LogP contribution in [0.3, 0.4) is 0 Å². The van der Waals surface area contributed by atoms with Gasteiger partial charge in [-0.2, -0.15) is 5.10 Å². The first-order valence-electron chi connectivity index (χ1n) is 6.11. The number of aromatic nitrogens is 2. The normalized spacial score (nSPS) is 18.2. The Morgan fingerprint density at radius 3 is 3.06 bits per heavy atom. The van der Waals surface area contributed by atoms with Crippen molar-refractivity contribution in [3.05, 3.63) is 30.0 Å². The topological polar surface area (TPSA) is 60.9 Å². The van der Waals surface area contributed by atoms with E-state index in [0.29, 0.717) is 6.54 Å². The molecular weight excluding hydrogens is 214 g/mol. The molecule has 1 heterocycles. The van der Waals surface area contributed by atoms with Crippen LogP contribution < -0.4 is 5.32 Å². The highest BCUT2D eigenvalue weighted by Crippen LogP contribution is 2.30. The first-order valence-corrected chi connectivity index (χ1v) is 6.11. The fourth-order valence-electron chi connectivity index (χ4n) is 2.37. The van der Waals surface area contributed by atoms with Crippen molar-refractivity contribution in [3.8, 4) is 0 Å². The number of aromatic amines is 1. The number of rotatable bonds is 4. The fourth-order valence-corrected chi connectivity index (χ4v) is 2.37. The highest BCUT2D eigenvalue weighted by molar-refractivity contribution is 5.81. The van der Waals surface area contributed by atoms with Gasteiger partial charge in [-0.25, -0.2) is 0 Å². The minimum atomic E-state index is -0.456. The van der Waals surface area contributed by atoms with Crippen molar-refractivity contribution in [1.29, 1.82) is 0 Å². The summed E-state index contributed by atoms with van der Waals surface area (Å²) in [4.78, 5) is 0. The summed E-state index contributed by atoms with van der Waals surface area (Å²) in [5.41, 5.74) is 1.82. The number of aliphatic hydroxyl groups is 1. The lowest BCUT2D eigenvalue weighted by Crippen LogP contribution is -2.45. The van der Waals surface area contributed by atoms with Crippen LogP contribution in [-0.2, 0) is 6.54 Å². The van der Waals surface area contributed by atoms with Crippen molar-refractivity contribution in [2.75, 3.05) is 6.54 Å². The van der Waals surface area contributed by atoms with Crippen LogP contribution in [-0.4, -0.2) is 27.4 Å². The standard InChI is InChI=1S/C13H17N3O/c17-13(5-2-6-13)9-14-7-10-3-1-4-11-8-15-16-12(10)11/h1,3-4,8,14,17H,2,5-7,9H2,(H,15,16). The Hall–Kier alpha value is -1.39. The van der Waals surface area contributed by atoms with Crippen molar-refractivity contribution < 1.29 is 5.11 Å². The summed E-state index contributed by atoms with van der Waals surface area (Å²) in [6.07, 6.45) is 4.83.